The summed E-state index contributed by atoms with van der Waals surface area (Å²) in [5.74, 6) is -0.423. The smallest absolute Gasteiger partial charge is 0.201 e. The van der Waals surface area contributed by atoms with Crippen LogP contribution >= 0.6 is 0 Å². The number of nitrogens with zero attached hydrogens (tertiary/aromatic N) is 1. The van der Waals surface area contributed by atoms with Crippen LogP contribution in [-0.2, 0) is 15.3 Å². The number of benzene rings is 1. The molecule has 2 aliphatic rings. The molecule has 1 aliphatic carbocycles. The molecule has 3 heteroatoms. The summed E-state index contributed by atoms with van der Waals surface area (Å²) in [4.78, 5) is 2.13. The fraction of sp³-hybridized carbons (Fsp3) is 0.444. The van der Waals surface area contributed by atoms with E-state index in [0.717, 1.165) is 31.6 Å². The van der Waals surface area contributed by atoms with Crippen LogP contribution in [0, 0.1) is 5.92 Å². The topological polar surface area (TPSA) is 21.7 Å². The molecule has 1 heterocycles. The first-order valence-electron chi connectivity index (χ1n) is 7.61. The Bertz CT molecular complexity index is 527. The minimum absolute atomic E-state index is 0.212. The van der Waals surface area contributed by atoms with Crippen LogP contribution in [0.2, 0.25) is 0 Å². The van der Waals surface area contributed by atoms with Crippen molar-refractivity contribution in [2.24, 2.45) is 5.92 Å². The molecular formula is C18H23NO2. The Morgan fingerprint density at radius 1 is 1.10 bits per heavy atom. The average molecular weight is 285 g/mol. The number of hydrogen-bond acceptors (Lipinski definition) is 3. The summed E-state index contributed by atoms with van der Waals surface area (Å²) in [6, 6.07) is 10.3. The van der Waals surface area contributed by atoms with Crippen LogP contribution in [0.25, 0.3) is 0 Å². The van der Waals surface area contributed by atoms with Gasteiger partial charge in [-0.2, -0.15) is 0 Å². The van der Waals surface area contributed by atoms with Crippen LogP contribution < -0.4 is 0 Å². The third-order valence-corrected chi connectivity index (χ3v) is 4.18. The molecule has 1 atom stereocenters. The van der Waals surface area contributed by atoms with Crippen LogP contribution in [-0.4, -0.2) is 32.2 Å². The summed E-state index contributed by atoms with van der Waals surface area (Å²) in [5.41, 5.74) is 2.35. The van der Waals surface area contributed by atoms with Gasteiger partial charge in [-0.3, -0.25) is 0 Å². The van der Waals surface area contributed by atoms with Gasteiger partial charge >= 0.3 is 0 Å². The fourth-order valence-electron chi connectivity index (χ4n) is 3.04. The largest absolute Gasteiger partial charge is 0.378 e. The van der Waals surface area contributed by atoms with Crippen LogP contribution in [0.3, 0.4) is 0 Å². The highest BCUT2D eigenvalue weighted by atomic mass is 16.7. The van der Waals surface area contributed by atoms with Crippen molar-refractivity contribution in [2.75, 3.05) is 27.3 Å². The molecule has 1 aromatic carbocycles. The summed E-state index contributed by atoms with van der Waals surface area (Å²) in [6.45, 7) is 1.51. The van der Waals surface area contributed by atoms with Crippen molar-refractivity contribution < 1.29 is 9.47 Å². The SMILES string of the molecule is CN(C)C1=CCC(C2(c3ccccc3)OCCCO2)C=C1. The van der Waals surface area contributed by atoms with Crippen molar-refractivity contribution in [3.05, 3.63) is 59.8 Å². The Morgan fingerprint density at radius 3 is 2.38 bits per heavy atom. The maximum absolute atomic E-state index is 6.17. The Kier molecular flexibility index (Phi) is 4.13. The maximum atomic E-state index is 6.17. The van der Waals surface area contributed by atoms with Crippen molar-refractivity contribution in [3.8, 4) is 0 Å². The molecule has 0 radical (unpaired) electrons. The van der Waals surface area contributed by atoms with Gasteiger partial charge < -0.3 is 14.4 Å². The van der Waals surface area contributed by atoms with E-state index < -0.39 is 5.79 Å². The van der Waals surface area contributed by atoms with Crippen LogP contribution in [0.5, 0.6) is 0 Å². The van der Waals surface area contributed by atoms with E-state index in [-0.39, 0.29) is 5.92 Å². The lowest BCUT2D eigenvalue weighted by atomic mass is 9.85. The molecule has 112 valence electrons. The molecule has 0 N–H and O–H groups in total. The molecule has 0 amide bonds. The third kappa shape index (κ3) is 2.76. The number of ether oxygens (including phenoxy) is 2. The first-order chi connectivity index (χ1) is 10.2. The molecule has 21 heavy (non-hydrogen) atoms. The van der Waals surface area contributed by atoms with E-state index in [9.17, 15) is 0 Å². The van der Waals surface area contributed by atoms with E-state index >= 15 is 0 Å². The molecule has 1 saturated heterocycles. The molecular weight excluding hydrogens is 262 g/mol. The molecule has 1 aliphatic heterocycles. The second-order valence-corrected chi connectivity index (χ2v) is 5.81. The lowest BCUT2D eigenvalue weighted by Gasteiger charge is -2.43. The van der Waals surface area contributed by atoms with Crippen LogP contribution in [0.4, 0.5) is 0 Å². The Morgan fingerprint density at radius 2 is 1.81 bits per heavy atom. The molecule has 1 aromatic rings. The first kappa shape index (κ1) is 14.4. The summed E-state index contributed by atoms with van der Waals surface area (Å²) in [6.07, 6.45) is 8.55. The van der Waals surface area contributed by atoms with Gasteiger partial charge in [-0.1, -0.05) is 42.5 Å². The standard InChI is InChI=1S/C18H23NO2/c1-19(2)17-11-9-16(10-12-17)18(20-13-6-14-21-18)15-7-4-3-5-8-15/h3-5,7-9,11-12,16H,6,10,13-14H2,1-2H3. The first-order valence-corrected chi connectivity index (χ1v) is 7.61. The van der Waals surface area contributed by atoms with Crippen molar-refractivity contribution in [3.63, 3.8) is 0 Å². The molecule has 3 nitrogen and oxygen atoms in total. The van der Waals surface area contributed by atoms with Crippen molar-refractivity contribution in [2.45, 2.75) is 18.6 Å². The van der Waals surface area contributed by atoms with Gasteiger partial charge in [0.1, 0.15) is 0 Å². The molecule has 3 rings (SSSR count). The zero-order valence-electron chi connectivity index (χ0n) is 12.8. The summed E-state index contributed by atoms with van der Waals surface area (Å²) >= 11 is 0. The highest BCUT2D eigenvalue weighted by Crippen LogP contribution is 2.42. The third-order valence-electron chi connectivity index (χ3n) is 4.18. The second-order valence-electron chi connectivity index (χ2n) is 5.81. The second kappa shape index (κ2) is 6.04. The molecule has 1 fully saturated rings. The number of likely N-dealkylation sites (N-methyl/N-ethyl adjacent to an activating group) is 1. The number of hydrogen-bond donors (Lipinski definition) is 0. The van der Waals surface area contributed by atoms with E-state index in [1.807, 2.05) is 18.2 Å². The van der Waals surface area contributed by atoms with Crippen molar-refractivity contribution in [1.82, 2.24) is 4.90 Å². The van der Waals surface area contributed by atoms with E-state index in [1.165, 1.54) is 5.70 Å². The lowest BCUT2D eigenvalue weighted by Crippen LogP contribution is -2.44. The number of rotatable bonds is 3. The van der Waals surface area contributed by atoms with Gasteiger partial charge in [-0.05, 0) is 18.9 Å². The molecule has 0 aromatic heterocycles. The predicted molar refractivity (Wildman–Crippen MR) is 83.7 cm³/mol. The maximum Gasteiger partial charge on any atom is 0.201 e. The Hall–Kier alpha value is -1.58. The van der Waals surface area contributed by atoms with Crippen LogP contribution in [0.1, 0.15) is 18.4 Å². The monoisotopic (exact) mass is 285 g/mol. The van der Waals surface area contributed by atoms with E-state index in [2.05, 4.69) is 49.4 Å². The minimum atomic E-state index is -0.635. The van der Waals surface area contributed by atoms with Crippen LogP contribution in [0.15, 0.2) is 54.3 Å². The van der Waals surface area contributed by atoms with Gasteiger partial charge in [0.15, 0.2) is 0 Å². The van der Waals surface area contributed by atoms with Crippen molar-refractivity contribution >= 4 is 0 Å². The zero-order chi connectivity index (χ0) is 14.7. The van der Waals surface area contributed by atoms with Gasteiger partial charge in [-0.25, -0.2) is 0 Å². The van der Waals surface area contributed by atoms with Gasteiger partial charge in [-0.15, -0.1) is 0 Å². The normalized spacial score (nSPS) is 24.5. The zero-order valence-corrected chi connectivity index (χ0v) is 12.8. The average Bonchev–Trinajstić information content (AvgIpc) is 2.56. The predicted octanol–water partition coefficient (Wildman–Crippen LogP) is 3.30. The quantitative estimate of drug-likeness (QED) is 0.850. The van der Waals surface area contributed by atoms with Gasteiger partial charge in [0.25, 0.3) is 0 Å². The van der Waals surface area contributed by atoms with Gasteiger partial charge in [0.05, 0.1) is 13.2 Å². The molecule has 0 spiro atoms. The molecule has 0 bridgehead atoms. The Labute approximate surface area is 126 Å². The summed E-state index contributed by atoms with van der Waals surface area (Å²) < 4.78 is 12.3. The fourth-order valence-corrected chi connectivity index (χ4v) is 3.04. The summed E-state index contributed by atoms with van der Waals surface area (Å²) in [7, 11) is 4.13. The van der Waals surface area contributed by atoms with Gasteiger partial charge in [0.2, 0.25) is 5.79 Å². The highest BCUT2D eigenvalue weighted by Gasteiger charge is 2.43. The lowest BCUT2D eigenvalue weighted by molar-refractivity contribution is -0.296. The van der Waals surface area contributed by atoms with E-state index in [1.54, 1.807) is 0 Å². The molecule has 0 saturated carbocycles. The molecule has 1 unspecified atom stereocenters. The number of allylic oxidation sites excluding steroid dienone is 2. The summed E-state index contributed by atoms with van der Waals surface area (Å²) in [5, 5.41) is 0. The highest BCUT2D eigenvalue weighted by molar-refractivity contribution is 5.29. The van der Waals surface area contributed by atoms with E-state index in [0.29, 0.717) is 0 Å². The van der Waals surface area contributed by atoms with E-state index in [4.69, 9.17) is 9.47 Å². The minimum Gasteiger partial charge on any atom is -0.378 e. The Balaban J connectivity index is 1.90. The van der Waals surface area contributed by atoms with Crippen molar-refractivity contribution in [1.29, 1.82) is 0 Å². The van der Waals surface area contributed by atoms with Gasteiger partial charge in [0, 0.05) is 31.3 Å².